The molecule has 0 aliphatic heterocycles. The highest BCUT2D eigenvalue weighted by molar-refractivity contribution is 8.01. The Hall–Kier alpha value is -1.58. The number of amides is 1. The fourth-order valence-electron chi connectivity index (χ4n) is 1.52. The molecule has 0 bridgehead atoms. The van der Waals surface area contributed by atoms with Crippen molar-refractivity contribution >= 4 is 39.2 Å². The number of rotatable bonds is 4. The number of nitrogens with zero attached hydrogens (tertiary/aromatic N) is 3. The van der Waals surface area contributed by atoms with E-state index in [0.29, 0.717) is 5.75 Å². The Balaban J connectivity index is 2.02. The maximum Gasteiger partial charge on any atom is 0.234 e. The highest BCUT2D eigenvalue weighted by atomic mass is 32.2. The number of nitriles is 1. The van der Waals surface area contributed by atoms with Crippen molar-refractivity contribution < 1.29 is 4.79 Å². The second kappa shape index (κ2) is 5.81. The largest absolute Gasteiger partial charge is 0.327 e. The molecule has 6 heteroatoms. The lowest BCUT2D eigenvalue weighted by molar-refractivity contribution is -0.130. The molecule has 2 aromatic rings. The van der Waals surface area contributed by atoms with E-state index in [9.17, 15) is 4.79 Å². The third-order valence-corrected chi connectivity index (χ3v) is 5.24. The zero-order valence-corrected chi connectivity index (χ0v) is 13.2. The topological polar surface area (TPSA) is 57.0 Å². The summed E-state index contributed by atoms with van der Waals surface area (Å²) in [4.78, 5) is 18.0. The van der Waals surface area contributed by atoms with E-state index in [2.05, 4.69) is 11.1 Å². The highest BCUT2D eigenvalue weighted by Crippen LogP contribution is 2.29. The van der Waals surface area contributed by atoms with E-state index in [4.69, 9.17) is 5.26 Å². The molecule has 2 rings (SSSR count). The van der Waals surface area contributed by atoms with Gasteiger partial charge in [0.05, 0.1) is 22.0 Å². The predicted molar refractivity (Wildman–Crippen MR) is 82.8 cm³/mol. The van der Waals surface area contributed by atoms with Crippen LogP contribution in [0, 0.1) is 11.3 Å². The van der Waals surface area contributed by atoms with E-state index >= 15 is 0 Å². The van der Waals surface area contributed by atoms with Crippen molar-refractivity contribution in [2.75, 3.05) is 12.8 Å². The first kappa shape index (κ1) is 14.8. The van der Waals surface area contributed by atoms with Crippen LogP contribution < -0.4 is 0 Å². The molecule has 1 heterocycles. The van der Waals surface area contributed by atoms with Crippen molar-refractivity contribution in [3.05, 3.63) is 24.3 Å². The first-order valence-corrected chi connectivity index (χ1v) is 7.90. The standard InChI is InChI=1S/C14H15N3OS2/c1-14(2,9-15)17(3)12(18)8-19-13-16-10-6-4-5-7-11(10)20-13/h4-7H,8H2,1-3H3. The van der Waals surface area contributed by atoms with Gasteiger partial charge in [-0.15, -0.1) is 11.3 Å². The van der Waals surface area contributed by atoms with Gasteiger partial charge in [-0.05, 0) is 26.0 Å². The molecule has 0 saturated carbocycles. The Labute approximate surface area is 126 Å². The molecule has 0 atom stereocenters. The zero-order valence-electron chi connectivity index (χ0n) is 11.6. The molecule has 20 heavy (non-hydrogen) atoms. The highest BCUT2D eigenvalue weighted by Gasteiger charge is 2.27. The van der Waals surface area contributed by atoms with Gasteiger partial charge >= 0.3 is 0 Å². The van der Waals surface area contributed by atoms with Gasteiger partial charge in [-0.3, -0.25) is 4.79 Å². The van der Waals surface area contributed by atoms with Crippen LogP contribution in [-0.2, 0) is 4.79 Å². The Morgan fingerprint density at radius 1 is 1.50 bits per heavy atom. The summed E-state index contributed by atoms with van der Waals surface area (Å²) in [6.07, 6.45) is 0. The van der Waals surface area contributed by atoms with Crippen LogP contribution in [0.25, 0.3) is 10.2 Å². The summed E-state index contributed by atoms with van der Waals surface area (Å²) >= 11 is 3.00. The van der Waals surface area contributed by atoms with E-state index < -0.39 is 5.54 Å². The molecule has 0 saturated heterocycles. The van der Waals surface area contributed by atoms with Crippen molar-refractivity contribution in [1.82, 2.24) is 9.88 Å². The number of carbonyl (C=O) groups excluding carboxylic acids is 1. The Morgan fingerprint density at radius 2 is 2.20 bits per heavy atom. The fraction of sp³-hybridized carbons (Fsp3) is 0.357. The molecular formula is C14H15N3OS2. The first-order chi connectivity index (χ1) is 9.44. The number of benzene rings is 1. The maximum atomic E-state index is 12.1. The number of para-hydroxylation sites is 1. The Kier molecular flexibility index (Phi) is 4.31. The van der Waals surface area contributed by atoms with E-state index in [-0.39, 0.29) is 5.91 Å². The van der Waals surface area contributed by atoms with Crippen LogP contribution in [0.5, 0.6) is 0 Å². The van der Waals surface area contributed by atoms with Gasteiger partial charge < -0.3 is 4.90 Å². The van der Waals surface area contributed by atoms with Gasteiger partial charge in [-0.1, -0.05) is 23.9 Å². The molecule has 4 nitrogen and oxygen atoms in total. The minimum Gasteiger partial charge on any atom is -0.327 e. The summed E-state index contributed by atoms with van der Waals surface area (Å²) in [7, 11) is 1.66. The van der Waals surface area contributed by atoms with Crippen LogP contribution in [0.2, 0.25) is 0 Å². The van der Waals surface area contributed by atoms with Gasteiger partial charge in [0.2, 0.25) is 5.91 Å². The maximum absolute atomic E-state index is 12.1. The molecule has 0 aliphatic rings. The van der Waals surface area contributed by atoms with Crippen molar-refractivity contribution in [1.29, 1.82) is 5.26 Å². The average molecular weight is 305 g/mol. The lowest BCUT2D eigenvalue weighted by Gasteiger charge is -2.28. The van der Waals surface area contributed by atoms with E-state index in [0.717, 1.165) is 14.6 Å². The summed E-state index contributed by atoms with van der Waals surface area (Å²) in [5, 5.41) is 9.03. The van der Waals surface area contributed by atoms with Gasteiger partial charge in [0, 0.05) is 7.05 Å². The average Bonchev–Trinajstić information content (AvgIpc) is 2.86. The second-order valence-corrected chi connectivity index (χ2v) is 7.11. The molecule has 0 unspecified atom stereocenters. The molecule has 1 amide bonds. The second-order valence-electron chi connectivity index (χ2n) is 4.86. The van der Waals surface area contributed by atoms with E-state index in [1.54, 1.807) is 32.2 Å². The number of thiazole rings is 1. The minimum atomic E-state index is -0.786. The molecule has 0 fully saturated rings. The Morgan fingerprint density at radius 3 is 2.85 bits per heavy atom. The van der Waals surface area contributed by atoms with E-state index in [1.165, 1.54) is 16.7 Å². The van der Waals surface area contributed by atoms with Crippen LogP contribution in [0.4, 0.5) is 0 Å². The number of fused-ring (bicyclic) bond motifs is 1. The number of aromatic nitrogens is 1. The summed E-state index contributed by atoms with van der Waals surface area (Å²) in [5.74, 6) is 0.224. The molecule has 1 aromatic heterocycles. The first-order valence-electron chi connectivity index (χ1n) is 6.10. The smallest absolute Gasteiger partial charge is 0.234 e. The zero-order chi connectivity index (χ0) is 14.8. The van der Waals surface area contributed by atoms with Crippen LogP contribution in [0.15, 0.2) is 28.6 Å². The van der Waals surface area contributed by atoms with Gasteiger partial charge in [-0.2, -0.15) is 5.26 Å². The van der Waals surface area contributed by atoms with Gasteiger partial charge in [0.25, 0.3) is 0 Å². The van der Waals surface area contributed by atoms with Crippen molar-refractivity contribution in [2.24, 2.45) is 0 Å². The van der Waals surface area contributed by atoms with Gasteiger partial charge in [-0.25, -0.2) is 4.98 Å². The van der Waals surface area contributed by atoms with Crippen molar-refractivity contribution in [2.45, 2.75) is 23.7 Å². The van der Waals surface area contributed by atoms with Crippen LogP contribution in [-0.4, -0.2) is 34.1 Å². The van der Waals surface area contributed by atoms with Crippen LogP contribution in [0.3, 0.4) is 0 Å². The SMILES string of the molecule is CN(C(=O)CSc1nc2ccccc2s1)C(C)(C)C#N. The quantitative estimate of drug-likeness (QED) is 0.814. The van der Waals surface area contributed by atoms with Gasteiger partial charge in [0.1, 0.15) is 5.54 Å². The molecular weight excluding hydrogens is 290 g/mol. The number of thioether (sulfide) groups is 1. The lowest BCUT2D eigenvalue weighted by Crippen LogP contribution is -2.44. The summed E-state index contributed by atoms with van der Waals surface area (Å²) in [6.45, 7) is 3.46. The lowest BCUT2D eigenvalue weighted by atomic mass is 10.1. The molecule has 0 radical (unpaired) electrons. The number of hydrogen-bond donors (Lipinski definition) is 0. The van der Waals surface area contributed by atoms with Crippen molar-refractivity contribution in [3.63, 3.8) is 0 Å². The summed E-state index contributed by atoms with van der Waals surface area (Å²) < 4.78 is 2.00. The predicted octanol–water partition coefficient (Wildman–Crippen LogP) is 3.15. The van der Waals surface area contributed by atoms with E-state index in [1.807, 2.05) is 24.3 Å². The molecule has 0 spiro atoms. The molecule has 0 N–H and O–H groups in total. The third-order valence-electron chi connectivity index (χ3n) is 3.08. The number of carbonyl (C=O) groups is 1. The minimum absolute atomic E-state index is 0.0687. The normalized spacial score (nSPS) is 11.3. The number of hydrogen-bond acceptors (Lipinski definition) is 5. The van der Waals surface area contributed by atoms with Crippen LogP contribution in [0.1, 0.15) is 13.8 Å². The fourth-order valence-corrected chi connectivity index (χ4v) is 3.50. The van der Waals surface area contributed by atoms with Crippen molar-refractivity contribution in [3.8, 4) is 6.07 Å². The Bertz CT molecular complexity index is 639. The third kappa shape index (κ3) is 3.11. The molecule has 1 aromatic carbocycles. The summed E-state index contributed by atoms with van der Waals surface area (Å²) in [5.41, 5.74) is 0.170. The monoisotopic (exact) mass is 305 g/mol. The van der Waals surface area contributed by atoms with Crippen LogP contribution >= 0.6 is 23.1 Å². The molecule has 0 aliphatic carbocycles. The molecule has 104 valence electrons. The van der Waals surface area contributed by atoms with Gasteiger partial charge in [0.15, 0.2) is 4.34 Å². The summed E-state index contributed by atoms with van der Waals surface area (Å²) in [6, 6.07) is 10.0.